The molecule has 0 spiro atoms. The van der Waals surface area contributed by atoms with Crippen molar-refractivity contribution in [1.82, 2.24) is 25.9 Å². The van der Waals surface area contributed by atoms with Crippen molar-refractivity contribution in [2.75, 3.05) is 0 Å². The van der Waals surface area contributed by atoms with Crippen LogP contribution < -0.4 is 5.32 Å². The van der Waals surface area contributed by atoms with E-state index in [1.54, 1.807) is 0 Å². The minimum absolute atomic E-state index is 0.0856. The number of hydrogen-bond donors (Lipinski definition) is 2. The Bertz CT molecular complexity index is 314. The minimum Gasteiger partial charge on any atom is -0.344 e. The van der Waals surface area contributed by atoms with Crippen molar-refractivity contribution in [1.29, 1.82) is 0 Å². The van der Waals surface area contributed by atoms with Gasteiger partial charge in [0, 0.05) is 5.54 Å². The Kier molecular flexibility index (Phi) is 2.18. The summed E-state index contributed by atoms with van der Waals surface area (Å²) in [7, 11) is 0. The molecule has 2 rings (SSSR count). The summed E-state index contributed by atoms with van der Waals surface area (Å²) < 4.78 is 0. The van der Waals surface area contributed by atoms with Crippen molar-refractivity contribution in [2.24, 2.45) is 0 Å². The molecular weight excluding hydrogens is 182 g/mol. The van der Waals surface area contributed by atoms with Crippen LogP contribution in [0, 0.1) is 0 Å². The van der Waals surface area contributed by atoms with Crippen LogP contribution in [0.2, 0.25) is 0 Å². The normalized spacial score (nSPS) is 19.5. The largest absolute Gasteiger partial charge is 0.344 e. The zero-order valence-electron chi connectivity index (χ0n) is 8.08. The maximum Gasteiger partial charge on any atom is 0.293 e. The predicted molar refractivity (Wildman–Crippen MR) is 48.5 cm³/mol. The van der Waals surface area contributed by atoms with Gasteiger partial charge in [-0.3, -0.25) is 4.79 Å². The van der Waals surface area contributed by atoms with Gasteiger partial charge in [-0.1, -0.05) is 12.8 Å². The fourth-order valence-electron chi connectivity index (χ4n) is 1.87. The number of aromatic nitrogens is 4. The lowest BCUT2D eigenvalue weighted by Gasteiger charge is -2.24. The Morgan fingerprint density at radius 2 is 2.21 bits per heavy atom. The van der Waals surface area contributed by atoms with E-state index in [1.165, 1.54) is 12.8 Å². The molecule has 1 aliphatic rings. The molecule has 0 radical (unpaired) electrons. The van der Waals surface area contributed by atoms with Gasteiger partial charge in [-0.25, -0.2) is 0 Å². The molecule has 1 saturated carbocycles. The molecule has 14 heavy (non-hydrogen) atoms. The van der Waals surface area contributed by atoms with Crippen LogP contribution in [-0.2, 0) is 0 Å². The van der Waals surface area contributed by atoms with Crippen molar-refractivity contribution in [3.8, 4) is 0 Å². The number of carbonyl (C=O) groups is 1. The average molecular weight is 195 g/mol. The Morgan fingerprint density at radius 1 is 1.50 bits per heavy atom. The van der Waals surface area contributed by atoms with Crippen LogP contribution >= 0.6 is 0 Å². The van der Waals surface area contributed by atoms with Gasteiger partial charge in [0.15, 0.2) is 0 Å². The zero-order valence-corrected chi connectivity index (χ0v) is 8.08. The lowest BCUT2D eigenvalue weighted by atomic mass is 10.0. The van der Waals surface area contributed by atoms with E-state index in [9.17, 15) is 4.79 Å². The summed E-state index contributed by atoms with van der Waals surface area (Å²) in [4.78, 5) is 11.6. The van der Waals surface area contributed by atoms with Crippen LogP contribution in [-0.4, -0.2) is 32.1 Å². The van der Waals surface area contributed by atoms with Gasteiger partial charge in [0.25, 0.3) is 11.7 Å². The highest BCUT2D eigenvalue weighted by molar-refractivity contribution is 5.90. The van der Waals surface area contributed by atoms with Gasteiger partial charge in [-0.05, 0) is 25.0 Å². The predicted octanol–water partition coefficient (Wildman–Crippen LogP) is 0.262. The van der Waals surface area contributed by atoms with Gasteiger partial charge in [0.05, 0.1) is 0 Å². The molecule has 1 aromatic heterocycles. The fourth-order valence-corrected chi connectivity index (χ4v) is 1.87. The first-order valence-electron chi connectivity index (χ1n) is 4.76. The molecule has 0 bridgehead atoms. The number of carbonyl (C=O) groups excluding carboxylic acids is 1. The molecule has 0 saturated heterocycles. The Balaban J connectivity index is 2.01. The highest BCUT2D eigenvalue weighted by Crippen LogP contribution is 2.28. The van der Waals surface area contributed by atoms with E-state index in [1.807, 2.05) is 0 Å². The smallest absolute Gasteiger partial charge is 0.293 e. The quantitative estimate of drug-likeness (QED) is 0.709. The molecular formula is C8H13N5O. The number of hydrogen-bond acceptors (Lipinski definition) is 4. The summed E-state index contributed by atoms with van der Waals surface area (Å²) in [6.45, 7) is 2.05. The maximum absolute atomic E-state index is 11.6. The number of amides is 1. The van der Waals surface area contributed by atoms with Gasteiger partial charge in [-0.2, -0.15) is 5.21 Å². The molecule has 1 aliphatic carbocycles. The van der Waals surface area contributed by atoms with Gasteiger partial charge >= 0.3 is 0 Å². The number of H-pyrrole nitrogens is 1. The van der Waals surface area contributed by atoms with Crippen molar-refractivity contribution < 1.29 is 4.79 Å². The number of aromatic amines is 1. The Morgan fingerprint density at radius 3 is 2.79 bits per heavy atom. The molecule has 1 aromatic rings. The second-order valence-corrected chi connectivity index (χ2v) is 3.96. The SMILES string of the molecule is CC1(NC(=O)c2nn[nH]n2)CCCC1. The molecule has 0 aliphatic heterocycles. The topological polar surface area (TPSA) is 83.6 Å². The average Bonchev–Trinajstić information content (AvgIpc) is 2.74. The van der Waals surface area contributed by atoms with Gasteiger partial charge in [0.2, 0.25) is 0 Å². The third kappa shape index (κ3) is 1.73. The molecule has 0 atom stereocenters. The fraction of sp³-hybridized carbons (Fsp3) is 0.750. The first-order valence-corrected chi connectivity index (χ1v) is 4.76. The lowest BCUT2D eigenvalue weighted by Crippen LogP contribution is -2.44. The highest BCUT2D eigenvalue weighted by Gasteiger charge is 2.31. The van der Waals surface area contributed by atoms with E-state index in [2.05, 4.69) is 32.9 Å². The van der Waals surface area contributed by atoms with Crippen LogP contribution in [0.4, 0.5) is 0 Å². The second kappa shape index (κ2) is 3.36. The third-order valence-corrected chi connectivity index (χ3v) is 2.67. The Labute approximate surface area is 81.5 Å². The highest BCUT2D eigenvalue weighted by atomic mass is 16.2. The second-order valence-electron chi connectivity index (χ2n) is 3.96. The first kappa shape index (κ1) is 9.11. The number of nitrogens with one attached hydrogen (secondary N) is 2. The van der Waals surface area contributed by atoms with Crippen molar-refractivity contribution >= 4 is 5.91 Å². The van der Waals surface area contributed by atoms with E-state index in [0.29, 0.717) is 0 Å². The van der Waals surface area contributed by atoms with Crippen LogP contribution in [0.15, 0.2) is 0 Å². The molecule has 76 valence electrons. The summed E-state index contributed by atoms with van der Waals surface area (Å²) in [5.41, 5.74) is -0.0856. The first-order chi connectivity index (χ1) is 6.70. The van der Waals surface area contributed by atoms with Crippen LogP contribution in [0.1, 0.15) is 43.2 Å². The summed E-state index contributed by atoms with van der Waals surface area (Å²) in [5.74, 6) is -0.138. The monoisotopic (exact) mass is 195 g/mol. The van der Waals surface area contributed by atoms with Gasteiger partial charge in [-0.15, -0.1) is 10.2 Å². The summed E-state index contributed by atoms with van der Waals surface area (Å²) in [5, 5.41) is 15.8. The zero-order chi connectivity index (χ0) is 10.0. The molecule has 2 N–H and O–H groups in total. The summed E-state index contributed by atoms with van der Waals surface area (Å²) in [6, 6.07) is 0. The molecule has 0 aromatic carbocycles. The molecule has 0 unspecified atom stereocenters. The molecule has 6 nitrogen and oxygen atoms in total. The van der Waals surface area contributed by atoms with Crippen LogP contribution in [0.25, 0.3) is 0 Å². The molecule has 6 heteroatoms. The summed E-state index contributed by atoms with van der Waals surface area (Å²) >= 11 is 0. The van der Waals surface area contributed by atoms with E-state index < -0.39 is 0 Å². The minimum atomic E-state index is -0.247. The number of nitrogens with zero attached hydrogens (tertiary/aromatic N) is 3. The van der Waals surface area contributed by atoms with E-state index in [-0.39, 0.29) is 17.3 Å². The van der Waals surface area contributed by atoms with Gasteiger partial charge < -0.3 is 5.32 Å². The number of rotatable bonds is 2. The van der Waals surface area contributed by atoms with Crippen LogP contribution in [0.3, 0.4) is 0 Å². The number of tetrazole rings is 1. The standard InChI is InChI=1S/C8H13N5O/c1-8(4-2-3-5-8)9-7(14)6-10-12-13-11-6/h2-5H2,1H3,(H,9,14)(H,10,11,12,13). The molecule has 1 fully saturated rings. The van der Waals surface area contributed by atoms with Crippen LogP contribution in [0.5, 0.6) is 0 Å². The molecule has 1 heterocycles. The van der Waals surface area contributed by atoms with Crippen molar-refractivity contribution in [3.05, 3.63) is 5.82 Å². The van der Waals surface area contributed by atoms with E-state index >= 15 is 0 Å². The third-order valence-electron chi connectivity index (χ3n) is 2.67. The molecule has 1 amide bonds. The lowest BCUT2D eigenvalue weighted by molar-refractivity contribution is 0.0897. The van der Waals surface area contributed by atoms with E-state index in [0.717, 1.165) is 12.8 Å². The summed E-state index contributed by atoms with van der Waals surface area (Å²) in [6.07, 6.45) is 4.39. The van der Waals surface area contributed by atoms with Crippen molar-refractivity contribution in [3.63, 3.8) is 0 Å². The van der Waals surface area contributed by atoms with Gasteiger partial charge in [0.1, 0.15) is 0 Å². The Hall–Kier alpha value is -1.46. The van der Waals surface area contributed by atoms with E-state index in [4.69, 9.17) is 0 Å². The van der Waals surface area contributed by atoms with Crippen molar-refractivity contribution in [2.45, 2.75) is 38.1 Å². The maximum atomic E-state index is 11.6.